The van der Waals surface area contributed by atoms with Crippen molar-refractivity contribution in [2.45, 2.75) is 13.3 Å². The Bertz CT molecular complexity index is 898. The van der Waals surface area contributed by atoms with Crippen LogP contribution in [0.3, 0.4) is 0 Å². The van der Waals surface area contributed by atoms with Gasteiger partial charge >= 0.3 is 0 Å². The minimum Gasteiger partial charge on any atom is -0.464 e. The van der Waals surface area contributed by atoms with Gasteiger partial charge in [0, 0.05) is 10.1 Å². The van der Waals surface area contributed by atoms with Gasteiger partial charge in [-0.1, -0.05) is 30.3 Å². The number of rotatable bonds is 2. The fraction of sp³-hybridized carbons (Fsp3) is 0.111. The lowest BCUT2D eigenvalue weighted by Gasteiger charge is -2.05. The average molecular weight is 278 g/mol. The Morgan fingerprint density at radius 2 is 1.80 bits per heavy atom. The molecule has 0 bridgehead atoms. The Hall–Kier alpha value is -2.06. The first-order valence-corrected chi connectivity index (χ1v) is 7.62. The standard InChI is InChI=1S/C18H14OS/c1-12-11-20-18-14(5-2-6-15(12)18)10-13-4-3-7-17-16(13)8-9-19-17/h2-9,11H,10H2,1H3. The summed E-state index contributed by atoms with van der Waals surface area (Å²) in [5, 5.41) is 4.84. The smallest absolute Gasteiger partial charge is 0.134 e. The predicted octanol–water partition coefficient (Wildman–Crippen LogP) is 5.55. The van der Waals surface area contributed by atoms with E-state index in [2.05, 4.69) is 48.7 Å². The van der Waals surface area contributed by atoms with Crippen LogP contribution >= 0.6 is 11.3 Å². The van der Waals surface area contributed by atoms with E-state index in [-0.39, 0.29) is 0 Å². The van der Waals surface area contributed by atoms with Crippen LogP contribution in [0.4, 0.5) is 0 Å². The molecule has 0 aliphatic rings. The Kier molecular flexibility index (Phi) is 2.64. The summed E-state index contributed by atoms with van der Waals surface area (Å²) >= 11 is 1.84. The summed E-state index contributed by atoms with van der Waals surface area (Å²) < 4.78 is 6.90. The molecule has 2 aromatic heterocycles. The lowest BCUT2D eigenvalue weighted by Crippen LogP contribution is -1.89. The first-order valence-electron chi connectivity index (χ1n) is 6.74. The molecule has 0 fully saturated rings. The van der Waals surface area contributed by atoms with Crippen molar-refractivity contribution >= 4 is 32.4 Å². The van der Waals surface area contributed by atoms with E-state index in [0.717, 1.165) is 12.0 Å². The van der Waals surface area contributed by atoms with E-state index in [1.54, 1.807) is 6.26 Å². The zero-order valence-corrected chi connectivity index (χ0v) is 12.0. The summed E-state index contributed by atoms with van der Waals surface area (Å²) in [4.78, 5) is 0. The molecule has 0 spiro atoms. The number of hydrogen-bond donors (Lipinski definition) is 0. The number of fused-ring (bicyclic) bond motifs is 2. The van der Waals surface area contributed by atoms with Gasteiger partial charge in [-0.05, 0) is 52.9 Å². The van der Waals surface area contributed by atoms with E-state index in [1.165, 1.54) is 32.2 Å². The fourth-order valence-corrected chi connectivity index (χ4v) is 3.87. The van der Waals surface area contributed by atoms with Crippen LogP contribution in [0, 0.1) is 6.92 Å². The van der Waals surface area contributed by atoms with Crippen LogP contribution in [0.15, 0.2) is 58.5 Å². The number of thiophene rings is 1. The third-order valence-electron chi connectivity index (χ3n) is 3.84. The van der Waals surface area contributed by atoms with E-state index < -0.39 is 0 Å². The van der Waals surface area contributed by atoms with Crippen molar-refractivity contribution in [2.24, 2.45) is 0 Å². The molecular weight excluding hydrogens is 264 g/mol. The van der Waals surface area contributed by atoms with Crippen molar-refractivity contribution in [3.8, 4) is 0 Å². The van der Waals surface area contributed by atoms with Crippen LogP contribution in [0.1, 0.15) is 16.7 Å². The van der Waals surface area contributed by atoms with Crippen molar-refractivity contribution in [3.05, 3.63) is 70.8 Å². The molecule has 2 aromatic carbocycles. The summed E-state index contributed by atoms with van der Waals surface area (Å²) in [5.41, 5.74) is 5.06. The quantitative estimate of drug-likeness (QED) is 0.469. The molecule has 4 aromatic rings. The van der Waals surface area contributed by atoms with Crippen molar-refractivity contribution in [1.82, 2.24) is 0 Å². The Morgan fingerprint density at radius 1 is 0.950 bits per heavy atom. The van der Waals surface area contributed by atoms with E-state index in [9.17, 15) is 0 Å². The van der Waals surface area contributed by atoms with E-state index in [0.29, 0.717) is 0 Å². The zero-order chi connectivity index (χ0) is 13.5. The molecule has 0 radical (unpaired) electrons. The highest BCUT2D eigenvalue weighted by Gasteiger charge is 2.09. The van der Waals surface area contributed by atoms with Crippen molar-refractivity contribution in [2.75, 3.05) is 0 Å². The zero-order valence-electron chi connectivity index (χ0n) is 11.2. The molecule has 2 heteroatoms. The van der Waals surface area contributed by atoms with Crippen LogP contribution in [-0.4, -0.2) is 0 Å². The molecule has 4 rings (SSSR count). The maximum absolute atomic E-state index is 5.49. The molecule has 98 valence electrons. The average Bonchev–Trinajstić information content (AvgIpc) is 3.08. The summed E-state index contributed by atoms with van der Waals surface area (Å²) in [5.74, 6) is 0. The molecule has 2 heterocycles. The molecule has 0 amide bonds. The van der Waals surface area contributed by atoms with Crippen LogP contribution in [0.2, 0.25) is 0 Å². The normalized spacial score (nSPS) is 11.4. The predicted molar refractivity (Wildman–Crippen MR) is 85.6 cm³/mol. The molecular formula is C18H14OS. The first-order chi connectivity index (χ1) is 9.83. The summed E-state index contributed by atoms with van der Waals surface area (Å²) in [6.45, 7) is 2.18. The van der Waals surface area contributed by atoms with E-state index >= 15 is 0 Å². The Balaban J connectivity index is 1.87. The number of aryl methyl sites for hydroxylation is 1. The lowest BCUT2D eigenvalue weighted by atomic mass is 10.0. The highest BCUT2D eigenvalue weighted by molar-refractivity contribution is 7.17. The first kappa shape index (κ1) is 11.7. The SMILES string of the molecule is Cc1csc2c(Cc3cccc4occc34)cccc12. The number of furan rings is 1. The maximum Gasteiger partial charge on any atom is 0.134 e. The van der Waals surface area contributed by atoms with E-state index in [1.807, 2.05) is 17.4 Å². The van der Waals surface area contributed by atoms with E-state index in [4.69, 9.17) is 4.42 Å². The summed E-state index contributed by atoms with van der Waals surface area (Å²) in [7, 11) is 0. The van der Waals surface area contributed by atoms with Gasteiger partial charge in [-0.3, -0.25) is 0 Å². The van der Waals surface area contributed by atoms with Crippen LogP contribution in [-0.2, 0) is 6.42 Å². The Labute approximate surface area is 121 Å². The van der Waals surface area contributed by atoms with Gasteiger partial charge in [0.2, 0.25) is 0 Å². The summed E-state index contributed by atoms with van der Waals surface area (Å²) in [6, 6.07) is 14.9. The highest BCUT2D eigenvalue weighted by atomic mass is 32.1. The van der Waals surface area contributed by atoms with Gasteiger partial charge in [-0.15, -0.1) is 11.3 Å². The van der Waals surface area contributed by atoms with Gasteiger partial charge in [0.15, 0.2) is 0 Å². The van der Waals surface area contributed by atoms with Gasteiger partial charge < -0.3 is 4.42 Å². The van der Waals surface area contributed by atoms with Gasteiger partial charge in [-0.2, -0.15) is 0 Å². The second kappa shape index (κ2) is 4.50. The highest BCUT2D eigenvalue weighted by Crippen LogP contribution is 2.31. The van der Waals surface area contributed by atoms with Gasteiger partial charge in [0.25, 0.3) is 0 Å². The lowest BCUT2D eigenvalue weighted by molar-refractivity contribution is 0.616. The van der Waals surface area contributed by atoms with Crippen LogP contribution in [0.25, 0.3) is 21.1 Å². The van der Waals surface area contributed by atoms with Gasteiger partial charge in [-0.25, -0.2) is 0 Å². The second-order valence-electron chi connectivity index (χ2n) is 5.14. The fourth-order valence-electron chi connectivity index (χ4n) is 2.80. The van der Waals surface area contributed by atoms with Gasteiger partial charge in [0.1, 0.15) is 5.58 Å². The maximum atomic E-state index is 5.49. The molecule has 0 saturated carbocycles. The van der Waals surface area contributed by atoms with Gasteiger partial charge in [0.05, 0.1) is 6.26 Å². The molecule has 1 nitrogen and oxygen atoms in total. The van der Waals surface area contributed by atoms with Crippen molar-refractivity contribution in [3.63, 3.8) is 0 Å². The molecule has 0 atom stereocenters. The third-order valence-corrected chi connectivity index (χ3v) is 5.03. The summed E-state index contributed by atoms with van der Waals surface area (Å²) in [6.07, 6.45) is 2.72. The Morgan fingerprint density at radius 3 is 2.75 bits per heavy atom. The molecule has 0 saturated heterocycles. The third kappa shape index (κ3) is 1.76. The molecule has 0 aliphatic heterocycles. The largest absolute Gasteiger partial charge is 0.464 e. The number of benzene rings is 2. The minimum absolute atomic E-state index is 0.953. The van der Waals surface area contributed by atoms with Crippen molar-refractivity contribution < 1.29 is 4.42 Å². The van der Waals surface area contributed by atoms with Crippen LogP contribution in [0.5, 0.6) is 0 Å². The monoisotopic (exact) mass is 278 g/mol. The molecule has 0 N–H and O–H groups in total. The van der Waals surface area contributed by atoms with Crippen LogP contribution < -0.4 is 0 Å². The molecule has 20 heavy (non-hydrogen) atoms. The molecule has 0 unspecified atom stereocenters. The molecule has 0 aliphatic carbocycles. The number of hydrogen-bond acceptors (Lipinski definition) is 2. The van der Waals surface area contributed by atoms with Crippen molar-refractivity contribution in [1.29, 1.82) is 0 Å². The minimum atomic E-state index is 0.953. The second-order valence-corrected chi connectivity index (χ2v) is 6.02. The topological polar surface area (TPSA) is 13.1 Å².